The van der Waals surface area contributed by atoms with Crippen molar-refractivity contribution in [3.8, 4) is 0 Å². The summed E-state index contributed by atoms with van der Waals surface area (Å²) >= 11 is 0. The molecule has 2 saturated carbocycles. The van der Waals surface area contributed by atoms with Crippen molar-refractivity contribution in [1.29, 1.82) is 0 Å². The Bertz CT molecular complexity index is 1070. The van der Waals surface area contributed by atoms with E-state index in [1.165, 1.54) is 0 Å². The Balaban J connectivity index is 1.67. The summed E-state index contributed by atoms with van der Waals surface area (Å²) in [5.41, 5.74) is -2.74. The number of esters is 3. The van der Waals surface area contributed by atoms with Crippen molar-refractivity contribution in [1.82, 2.24) is 0 Å². The van der Waals surface area contributed by atoms with E-state index in [0.29, 0.717) is 30.6 Å². The molecule has 0 aromatic heterocycles. The second-order valence-electron chi connectivity index (χ2n) is 12.0. The highest BCUT2D eigenvalue weighted by atomic mass is 16.6. The third-order valence-corrected chi connectivity index (χ3v) is 10.2. The number of cyclic esters (lactones) is 1. The topological polar surface area (TPSA) is 121 Å². The lowest BCUT2D eigenvalue weighted by Gasteiger charge is -2.66. The number of carbonyl (C=O) groups excluding carboxylic acids is 3. The van der Waals surface area contributed by atoms with E-state index in [9.17, 15) is 19.5 Å². The smallest absolute Gasteiger partial charge is 0.333 e. The minimum Gasteiger partial charge on any atom is -0.463 e. The van der Waals surface area contributed by atoms with Crippen molar-refractivity contribution in [2.45, 2.75) is 102 Å². The summed E-state index contributed by atoms with van der Waals surface area (Å²) in [5, 5.41) is 11.2. The Hall–Kier alpha value is -2.23. The molecule has 1 N–H and O–H groups in total. The third-order valence-electron chi connectivity index (χ3n) is 10.2. The van der Waals surface area contributed by atoms with Crippen LogP contribution in [0.25, 0.3) is 0 Å². The van der Waals surface area contributed by atoms with E-state index in [0.717, 1.165) is 19.3 Å². The van der Waals surface area contributed by atoms with Crippen LogP contribution < -0.4 is 0 Å². The lowest BCUT2D eigenvalue weighted by molar-refractivity contribution is -0.332. The van der Waals surface area contributed by atoms with Gasteiger partial charge in [0.05, 0.1) is 25.0 Å². The number of carbonyl (C=O) groups is 3. The van der Waals surface area contributed by atoms with Crippen LogP contribution in [0.2, 0.25) is 0 Å². The molecule has 0 radical (unpaired) electrons. The number of allylic oxidation sites excluding steroid dienone is 2. The molecule has 38 heavy (non-hydrogen) atoms. The average Bonchev–Trinajstić information content (AvgIpc) is 3.59. The molecule has 3 saturated heterocycles. The Morgan fingerprint density at radius 2 is 1.63 bits per heavy atom. The molecule has 5 aliphatic rings. The van der Waals surface area contributed by atoms with E-state index in [4.69, 9.17) is 23.7 Å². The maximum absolute atomic E-state index is 13.3. The van der Waals surface area contributed by atoms with Crippen LogP contribution in [0.5, 0.6) is 0 Å². The predicted octanol–water partition coefficient (Wildman–Crippen LogP) is 3.17. The van der Waals surface area contributed by atoms with E-state index < -0.39 is 46.4 Å². The van der Waals surface area contributed by atoms with Gasteiger partial charge in [-0.25, -0.2) is 9.59 Å². The second-order valence-corrected chi connectivity index (χ2v) is 12.0. The molecule has 5 fully saturated rings. The highest BCUT2D eigenvalue weighted by Crippen LogP contribution is 2.68. The minimum atomic E-state index is -1.10. The van der Waals surface area contributed by atoms with E-state index >= 15 is 0 Å². The van der Waals surface area contributed by atoms with Crippen LogP contribution in [0.15, 0.2) is 23.3 Å². The highest BCUT2D eigenvalue weighted by Gasteiger charge is 2.79. The maximum atomic E-state index is 13.3. The van der Waals surface area contributed by atoms with Gasteiger partial charge in [-0.3, -0.25) is 4.79 Å². The van der Waals surface area contributed by atoms with Gasteiger partial charge >= 0.3 is 17.9 Å². The molecular formula is C29H40O9. The van der Waals surface area contributed by atoms with Crippen LogP contribution >= 0.6 is 0 Å². The number of aliphatic hydroxyl groups is 1. The predicted molar refractivity (Wildman–Crippen MR) is 135 cm³/mol. The normalized spacial score (nSPS) is 44.3. The molecule has 0 bridgehead atoms. The number of fused-ring (bicyclic) bond motifs is 4. The molecule has 2 spiro atoms. The summed E-state index contributed by atoms with van der Waals surface area (Å²) in [7, 11) is 0. The van der Waals surface area contributed by atoms with Crippen molar-refractivity contribution >= 4 is 17.9 Å². The van der Waals surface area contributed by atoms with E-state index in [1.54, 1.807) is 39.8 Å². The van der Waals surface area contributed by atoms with Crippen molar-refractivity contribution in [2.75, 3.05) is 19.8 Å². The summed E-state index contributed by atoms with van der Waals surface area (Å²) in [6, 6.07) is 0. The van der Waals surface area contributed by atoms with Crippen LogP contribution in [0, 0.1) is 17.3 Å². The summed E-state index contributed by atoms with van der Waals surface area (Å²) < 4.78 is 30.9. The van der Waals surface area contributed by atoms with Crippen molar-refractivity contribution in [3.63, 3.8) is 0 Å². The lowest BCUT2D eigenvalue weighted by atomic mass is 9.45. The summed E-state index contributed by atoms with van der Waals surface area (Å²) in [5.74, 6) is -1.64. The molecule has 9 nitrogen and oxygen atoms in total. The van der Waals surface area contributed by atoms with Crippen molar-refractivity contribution < 1.29 is 43.2 Å². The van der Waals surface area contributed by atoms with Crippen LogP contribution in [0.4, 0.5) is 0 Å². The number of rotatable bonds is 5. The number of hydrogen-bond donors (Lipinski definition) is 1. The van der Waals surface area contributed by atoms with Gasteiger partial charge in [-0.15, -0.1) is 0 Å². The molecular weight excluding hydrogens is 492 g/mol. The zero-order valence-corrected chi connectivity index (χ0v) is 23.0. The number of ether oxygens (including phenoxy) is 5. The van der Waals surface area contributed by atoms with Crippen LogP contribution in [-0.4, -0.2) is 71.8 Å². The molecule has 2 aliphatic carbocycles. The summed E-state index contributed by atoms with van der Waals surface area (Å²) in [6.45, 7) is 9.05. The van der Waals surface area contributed by atoms with Crippen LogP contribution in [0.3, 0.4) is 0 Å². The third kappa shape index (κ3) is 3.87. The molecule has 5 rings (SSSR count). The Morgan fingerprint density at radius 1 is 1.00 bits per heavy atom. The maximum Gasteiger partial charge on any atom is 0.333 e. The molecule has 9 heteroatoms. The lowest BCUT2D eigenvalue weighted by Crippen LogP contribution is -2.77. The molecule has 8 atom stereocenters. The Labute approximate surface area is 223 Å². The van der Waals surface area contributed by atoms with Crippen LogP contribution in [0.1, 0.15) is 73.1 Å². The summed E-state index contributed by atoms with van der Waals surface area (Å²) in [6.07, 6.45) is 5.12. The van der Waals surface area contributed by atoms with Gasteiger partial charge in [0.15, 0.2) is 12.2 Å². The Kier molecular flexibility index (Phi) is 6.80. The first-order valence-corrected chi connectivity index (χ1v) is 13.8. The minimum absolute atomic E-state index is 0.106. The number of epoxide rings is 1. The summed E-state index contributed by atoms with van der Waals surface area (Å²) in [4.78, 5) is 38.8. The first-order chi connectivity index (χ1) is 18.0. The first kappa shape index (κ1) is 27.3. The average molecular weight is 533 g/mol. The van der Waals surface area contributed by atoms with Gasteiger partial charge < -0.3 is 28.8 Å². The zero-order chi connectivity index (χ0) is 27.5. The molecule has 0 aromatic carbocycles. The zero-order valence-electron chi connectivity index (χ0n) is 23.0. The molecule has 0 aromatic rings. The second kappa shape index (κ2) is 9.45. The fourth-order valence-corrected chi connectivity index (χ4v) is 7.86. The fraction of sp³-hybridized carbons (Fsp3) is 0.759. The van der Waals surface area contributed by atoms with Gasteiger partial charge in [0.25, 0.3) is 0 Å². The monoisotopic (exact) mass is 532 g/mol. The van der Waals surface area contributed by atoms with E-state index in [-0.39, 0.29) is 37.4 Å². The van der Waals surface area contributed by atoms with E-state index in [1.807, 2.05) is 6.92 Å². The van der Waals surface area contributed by atoms with Gasteiger partial charge in [-0.05, 0) is 72.1 Å². The largest absolute Gasteiger partial charge is 0.463 e. The molecule has 210 valence electrons. The van der Waals surface area contributed by atoms with Crippen LogP contribution in [-0.2, 0) is 38.1 Å². The Morgan fingerprint density at radius 3 is 2.16 bits per heavy atom. The van der Waals surface area contributed by atoms with Gasteiger partial charge in [-0.2, -0.15) is 0 Å². The van der Waals surface area contributed by atoms with Gasteiger partial charge in [0.2, 0.25) is 0 Å². The molecule has 0 amide bonds. The standard InChI is InChI=1S/C29H40O9/c1-6-17(3)24(32)36-22-23(37-25(33)18(4)7-2)29(14-30)20(9-8-11-28(29)16-35-28)19-10-12-27(38-26(19,22)5)13-21(31)34-15-27/h6-7,19-20,22-23,30H,8-16H2,1-5H3/b17-6+,18-7+/t19?,20?,22-,23-,26?,27-,28?,29?/m0/s1. The molecule has 5 unspecified atom stereocenters. The van der Waals surface area contributed by atoms with Crippen molar-refractivity contribution in [2.24, 2.45) is 17.3 Å². The van der Waals surface area contributed by atoms with E-state index in [2.05, 4.69) is 0 Å². The SMILES string of the molecule is C/C=C(\C)C(=O)O[C@H]1[C@H](OC(=O)/C(C)=C/C)C2(CO)C(CCCC23CO3)C2CC[C@]3(COC(=O)C3)OC21C. The highest BCUT2D eigenvalue weighted by molar-refractivity contribution is 5.89. The van der Waals surface area contributed by atoms with Gasteiger partial charge in [-0.1, -0.05) is 18.6 Å². The molecule has 3 heterocycles. The van der Waals surface area contributed by atoms with Crippen molar-refractivity contribution in [3.05, 3.63) is 23.3 Å². The van der Waals surface area contributed by atoms with Gasteiger partial charge in [0.1, 0.15) is 23.4 Å². The number of hydrogen-bond acceptors (Lipinski definition) is 9. The quantitative estimate of drug-likeness (QED) is 0.246. The van der Waals surface area contributed by atoms with Gasteiger partial charge in [0, 0.05) is 11.1 Å². The fourth-order valence-electron chi connectivity index (χ4n) is 7.86. The first-order valence-electron chi connectivity index (χ1n) is 13.8. The molecule has 3 aliphatic heterocycles. The number of aliphatic hydroxyl groups excluding tert-OH is 1.